The van der Waals surface area contributed by atoms with Crippen LogP contribution in [0.25, 0.3) is 10.8 Å². The molecule has 0 aliphatic carbocycles. The fourth-order valence-corrected chi connectivity index (χ4v) is 2.43. The molecule has 4 nitrogen and oxygen atoms in total. The van der Waals surface area contributed by atoms with Gasteiger partial charge in [-0.2, -0.15) is 0 Å². The van der Waals surface area contributed by atoms with E-state index in [1.807, 2.05) is 56.3 Å². The number of amides is 1. The molecule has 3 aromatic rings. The number of hydrogen-bond acceptors (Lipinski definition) is 3. The molecule has 24 heavy (non-hydrogen) atoms. The molecule has 1 aromatic heterocycles. The van der Waals surface area contributed by atoms with Crippen molar-refractivity contribution >= 4 is 16.7 Å². The Kier molecular flexibility index (Phi) is 4.85. The maximum atomic E-state index is 12.0. The van der Waals surface area contributed by atoms with Crippen LogP contribution in [0, 0.1) is 5.92 Å². The van der Waals surface area contributed by atoms with Gasteiger partial charge >= 0.3 is 0 Å². The lowest BCUT2D eigenvalue weighted by atomic mass is 10.1. The predicted molar refractivity (Wildman–Crippen MR) is 94.2 cm³/mol. The average molecular weight is 323 g/mol. The van der Waals surface area contributed by atoms with E-state index in [9.17, 15) is 4.79 Å². The van der Waals surface area contributed by atoms with Crippen molar-refractivity contribution < 1.29 is 13.9 Å². The van der Waals surface area contributed by atoms with E-state index in [1.54, 1.807) is 12.1 Å². The first-order valence-electron chi connectivity index (χ1n) is 8.11. The van der Waals surface area contributed by atoms with Crippen molar-refractivity contribution in [2.45, 2.75) is 20.5 Å². The van der Waals surface area contributed by atoms with Crippen LogP contribution >= 0.6 is 0 Å². The highest BCUT2D eigenvalue weighted by Crippen LogP contribution is 2.26. The van der Waals surface area contributed by atoms with Crippen molar-refractivity contribution in [3.8, 4) is 5.75 Å². The molecule has 2 aromatic carbocycles. The average Bonchev–Trinajstić information content (AvgIpc) is 3.07. The Labute approximate surface area is 141 Å². The molecule has 0 radical (unpaired) electrons. The third-order valence-electron chi connectivity index (χ3n) is 3.68. The van der Waals surface area contributed by atoms with Gasteiger partial charge < -0.3 is 14.5 Å². The quantitative estimate of drug-likeness (QED) is 0.731. The summed E-state index contributed by atoms with van der Waals surface area (Å²) in [6.07, 6.45) is 0. The van der Waals surface area contributed by atoms with Crippen molar-refractivity contribution in [1.82, 2.24) is 5.32 Å². The number of benzene rings is 2. The Morgan fingerprint density at radius 2 is 1.88 bits per heavy atom. The van der Waals surface area contributed by atoms with Crippen molar-refractivity contribution in [1.29, 1.82) is 0 Å². The molecule has 1 N–H and O–H groups in total. The lowest BCUT2D eigenvalue weighted by molar-refractivity contribution is 0.0917. The fourth-order valence-electron chi connectivity index (χ4n) is 2.43. The highest BCUT2D eigenvalue weighted by atomic mass is 16.5. The minimum absolute atomic E-state index is 0.194. The molecule has 0 aliphatic heterocycles. The highest BCUT2D eigenvalue weighted by Gasteiger charge is 2.12. The third-order valence-corrected chi connectivity index (χ3v) is 3.68. The predicted octanol–water partition coefficient (Wildman–Crippen LogP) is 4.40. The van der Waals surface area contributed by atoms with Gasteiger partial charge in [0.15, 0.2) is 5.76 Å². The van der Waals surface area contributed by atoms with Gasteiger partial charge in [-0.3, -0.25) is 4.79 Å². The van der Waals surface area contributed by atoms with Crippen LogP contribution in [0.3, 0.4) is 0 Å². The molecule has 0 atom stereocenters. The first-order chi connectivity index (χ1) is 11.6. The molecular weight excluding hydrogens is 302 g/mol. The molecule has 0 unspecified atom stereocenters. The smallest absolute Gasteiger partial charge is 0.287 e. The van der Waals surface area contributed by atoms with Crippen LogP contribution in [-0.4, -0.2) is 12.5 Å². The fraction of sp³-hybridized carbons (Fsp3) is 0.250. The van der Waals surface area contributed by atoms with Gasteiger partial charge in [0, 0.05) is 11.9 Å². The first kappa shape index (κ1) is 16.1. The summed E-state index contributed by atoms with van der Waals surface area (Å²) in [4.78, 5) is 12.0. The zero-order valence-corrected chi connectivity index (χ0v) is 13.9. The molecule has 1 amide bonds. The molecule has 3 rings (SSSR count). The highest BCUT2D eigenvalue weighted by molar-refractivity contribution is 5.91. The molecule has 0 saturated carbocycles. The topological polar surface area (TPSA) is 51.5 Å². The van der Waals surface area contributed by atoms with Crippen molar-refractivity contribution in [3.05, 3.63) is 66.1 Å². The molecule has 1 heterocycles. The standard InChI is InChI=1S/C20H21NO3/c1-14(2)12-21-20(22)19-11-10-16(24-19)13-23-18-9-5-7-15-6-3-4-8-17(15)18/h3-11,14H,12-13H2,1-2H3,(H,21,22). The largest absolute Gasteiger partial charge is 0.485 e. The summed E-state index contributed by atoms with van der Waals surface area (Å²) in [7, 11) is 0. The van der Waals surface area contributed by atoms with Crippen molar-refractivity contribution in [2.75, 3.05) is 6.54 Å². The van der Waals surface area contributed by atoms with Gasteiger partial charge in [0.05, 0.1) is 0 Å². The van der Waals surface area contributed by atoms with Crippen LogP contribution < -0.4 is 10.1 Å². The summed E-state index contributed by atoms with van der Waals surface area (Å²) in [5.74, 6) is 1.94. The summed E-state index contributed by atoms with van der Waals surface area (Å²) in [6, 6.07) is 17.5. The lowest BCUT2D eigenvalue weighted by Crippen LogP contribution is -2.26. The zero-order chi connectivity index (χ0) is 16.9. The number of carbonyl (C=O) groups is 1. The van der Waals surface area contributed by atoms with Gasteiger partial charge in [0.2, 0.25) is 0 Å². The normalized spacial score (nSPS) is 11.0. The van der Waals surface area contributed by atoms with Crippen molar-refractivity contribution in [3.63, 3.8) is 0 Å². The Morgan fingerprint density at radius 1 is 1.08 bits per heavy atom. The van der Waals surface area contributed by atoms with E-state index < -0.39 is 0 Å². The Bertz CT molecular complexity index is 830. The molecule has 0 spiro atoms. The van der Waals surface area contributed by atoms with Gasteiger partial charge in [-0.15, -0.1) is 0 Å². The van der Waals surface area contributed by atoms with Crippen LogP contribution in [0.1, 0.15) is 30.2 Å². The lowest BCUT2D eigenvalue weighted by Gasteiger charge is -2.08. The molecule has 0 aliphatic rings. The van der Waals surface area contributed by atoms with E-state index in [0.717, 1.165) is 16.5 Å². The summed E-state index contributed by atoms with van der Waals surface area (Å²) >= 11 is 0. The van der Waals surface area contributed by atoms with Gasteiger partial charge in [0.1, 0.15) is 18.1 Å². The summed E-state index contributed by atoms with van der Waals surface area (Å²) in [5.41, 5.74) is 0. The zero-order valence-electron chi connectivity index (χ0n) is 13.9. The minimum Gasteiger partial charge on any atom is -0.485 e. The second-order valence-electron chi connectivity index (χ2n) is 6.14. The Morgan fingerprint density at radius 3 is 2.71 bits per heavy atom. The monoisotopic (exact) mass is 323 g/mol. The van der Waals surface area contributed by atoms with Crippen LogP contribution in [0.15, 0.2) is 59.0 Å². The Hall–Kier alpha value is -2.75. The first-order valence-corrected chi connectivity index (χ1v) is 8.11. The molecule has 0 fully saturated rings. The second kappa shape index (κ2) is 7.21. The number of ether oxygens (including phenoxy) is 1. The number of furan rings is 1. The van der Waals surface area contributed by atoms with E-state index in [4.69, 9.17) is 9.15 Å². The number of fused-ring (bicyclic) bond motifs is 1. The molecule has 4 heteroatoms. The minimum atomic E-state index is -0.194. The van der Waals surface area contributed by atoms with E-state index in [-0.39, 0.29) is 12.5 Å². The third kappa shape index (κ3) is 3.77. The van der Waals surface area contributed by atoms with Gasteiger partial charge in [0.25, 0.3) is 5.91 Å². The van der Waals surface area contributed by atoms with Crippen LogP contribution in [0.2, 0.25) is 0 Å². The molecule has 0 bridgehead atoms. The maximum absolute atomic E-state index is 12.0. The van der Waals surface area contributed by atoms with Crippen molar-refractivity contribution in [2.24, 2.45) is 5.92 Å². The second-order valence-corrected chi connectivity index (χ2v) is 6.14. The van der Waals surface area contributed by atoms with Gasteiger partial charge in [-0.1, -0.05) is 50.2 Å². The molecular formula is C20H21NO3. The van der Waals surface area contributed by atoms with Gasteiger partial charge in [-0.25, -0.2) is 0 Å². The van der Waals surface area contributed by atoms with Crippen LogP contribution in [-0.2, 0) is 6.61 Å². The maximum Gasteiger partial charge on any atom is 0.287 e. The van der Waals surface area contributed by atoms with Gasteiger partial charge in [-0.05, 0) is 29.5 Å². The number of nitrogens with one attached hydrogen (secondary N) is 1. The number of carbonyl (C=O) groups excluding carboxylic acids is 1. The number of rotatable bonds is 6. The summed E-state index contributed by atoms with van der Waals surface area (Å²) in [5, 5.41) is 5.02. The summed E-state index contributed by atoms with van der Waals surface area (Å²) < 4.78 is 11.4. The van der Waals surface area contributed by atoms with E-state index in [0.29, 0.717) is 24.0 Å². The van der Waals surface area contributed by atoms with Crippen LogP contribution in [0.4, 0.5) is 0 Å². The SMILES string of the molecule is CC(C)CNC(=O)c1ccc(COc2cccc3ccccc23)o1. The summed E-state index contributed by atoms with van der Waals surface area (Å²) in [6.45, 7) is 5.00. The van der Waals surface area contributed by atoms with E-state index >= 15 is 0 Å². The Balaban J connectivity index is 1.66. The van der Waals surface area contributed by atoms with E-state index in [2.05, 4.69) is 5.32 Å². The number of hydrogen-bond donors (Lipinski definition) is 1. The molecule has 0 saturated heterocycles. The van der Waals surface area contributed by atoms with Crippen LogP contribution in [0.5, 0.6) is 5.75 Å². The molecule has 124 valence electrons. The van der Waals surface area contributed by atoms with E-state index in [1.165, 1.54) is 0 Å².